The van der Waals surface area contributed by atoms with Crippen LogP contribution in [0.2, 0.25) is 0 Å². The average molecular weight is 212 g/mol. The first-order chi connectivity index (χ1) is 7.29. The van der Waals surface area contributed by atoms with Crippen LogP contribution in [0.15, 0.2) is 0 Å². The van der Waals surface area contributed by atoms with Crippen molar-refractivity contribution >= 4 is 5.91 Å². The molecule has 0 aromatic carbocycles. The molecule has 0 unspecified atom stereocenters. The molecule has 15 heavy (non-hydrogen) atoms. The standard InChI is InChI=1S/C12H24N2O/c1-2-14(11-8-9-11)12(15)7-5-3-4-6-10-13/h11H,2-10,13H2,1H3. The van der Waals surface area contributed by atoms with Crippen molar-refractivity contribution in [3.63, 3.8) is 0 Å². The molecule has 1 saturated carbocycles. The van der Waals surface area contributed by atoms with Gasteiger partial charge in [-0.25, -0.2) is 0 Å². The maximum atomic E-state index is 11.8. The van der Waals surface area contributed by atoms with E-state index in [1.807, 2.05) is 4.90 Å². The lowest BCUT2D eigenvalue weighted by molar-refractivity contribution is -0.131. The zero-order valence-corrected chi connectivity index (χ0v) is 9.87. The Morgan fingerprint density at radius 3 is 2.47 bits per heavy atom. The van der Waals surface area contributed by atoms with Crippen LogP contribution in [0.25, 0.3) is 0 Å². The second-order valence-electron chi connectivity index (χ2n) is 4.36. The van der Waals surface area contributed by atoms with E-state index in [4.69, 9.17) is 5.73 Å². The monoisotopic (exact) mass is 212 g/mol. The number of rotatable bonds is 8. The van der Waals surface area contributed by atoms with Gasteiger partial charge in [0.2, 0.25) is 5.91 Å². The molecule has 0 saturated heterocycles. The number of unbranched alkanes of at least 4 members (excludes halogenated alkanes) is 3. The normalized spacial score (nSPS) is 15.3. The number of hydrogen-bond donors (Lipinski definition) is 1. The van der Waals surface area contributed by atoms with E-state index in [1.54, 1.807) is 0 Å². The number of carbonyl (C=O) groups excluding carboxylic acids is 1. The molecule has 1 aliphatic rings. The summed E-state index contributed by atoms with van der Waals surface area (Å²) in [5.41, 5.74) is 5.41. The van der Waals surface area contributed by atoms with Crippen molar-refractivity contribution in [2.45, 2.75) is 57.9 Å². The van der Waals surface area contributed by atoms with Gasteiger partial charge in [-0.05, 0) is 39.2 Å². The third-order valence-corrected chi connectivity index (χ3v) is 2.99. The molecule has 1 amide bonds. The molecule has 0 atom stereocenters. The molecule has 0 radical (unpaired) electrons. The fourth-order valence-electron chi connectivity index (χ4n) is 1.94. The molecule has 0 heterocycles. The van der Waals surface area contributed by atoms with E-state index in [1.165, 1.54) is 19.3 Å². The van der Waals surface area contributed by atoms with Gasteiger partial charge >= 0.3 is 0 Å². The molecule has 3 heteroatoms. The highest BCUT2D eigenvalue weighted by Crippen LogP contribution is 2.27. The highest BCUT2D eigenvalue weighted by Gasteiger charge is 2.30. The maximum absolute atomic E-state index is 11.8. The van der Waals surface area contributed by atoms with E-state index in [0.29, 0.717) is 11.9 Å². The Morgan fingerprint density at radius 1 is 1.27 bits per heavy atom. The zero-order valence-electron chi connectivity index (χ0n) is 9.87. The maximum Gasteiger partial charge on any atom is 0.222 e. The molecule has 0 aromatic heterocycles. The molecule has 1 aliphatic carbocycles. The molecular weight excluding hydrogens is 188 g/mol. The van der Waals surface area contributed by atoms with Crippen LogP contribution in [0.1, 0.15) is 51.9 Å². The smallest absolute Gasteiger partial charge is 0.222 e. The van der Waals surface area contributed by atoms with E-state index >= 15 is 0 Å². The van der Waals surface area contributed by atoms with Gasteiger partial charge in [0.15, 0.2) is 0 Å². The van der Waals surface area contributed by atoms with Crippen LogP contribution in [0.4, 0.5) is 0 Å². The summed E-state index contributed by atoms with van der Waals surface area (Å²) in [6, 6.07) is 0.576. The van der Waals surface area contributed by atoms with Crippen molar-refractivity contribution in [2.75, 3.05) is 13.1 Å². The summed E-state index contributed by atoms with van der Waals surface area (Å²) in [5.74, 6) is 0.354. The van der Waals surface area contributed by atoms with E-state index < -0.39 is 0 Å². The minimum absolute atomic E-state index is 0.354. The fraction of sp³-hybridized carbons (Fsp3) is 0.917. The van der Waals surface area contributed by atoms with Crippen molar-refractivity contribution < 1.29 is 4.79 Å². The van der Waals surface area contributed by atoms with Crippen molar-refractivity contribution in [1.82, 2.24) is 4.90 Å². The van der Waals surface area contributed by atoms with E-state index in [0.717, 1.165) is 38.8 Å². The van der Waals surface area contributed by atoms with Gasteiger partial charge in [-0.2, -0.15) is 0 Å². The first-order valence-electron chi connectivity index (χ1n) is 6.29. The minimum Gasteiger partial charge on any atom is -0.340 e. The molecule has 0 aliphatic heterocycles. The topological polar surface area (TPSA) is 46.3 Å². The Bertz CT molecular complexity index is 190. The Morgan fingerprint density at radius 2 is 1.93 bits per heavy atom. The van der Waals surface area contributed by atoms with Crippen molar-refractivity contribution in [3.8, 4) is 0 Å². The summed E-state index contributed by atoms with van der Waals surface area (Å²) in [6.45, 7) is 3.73. The molecule has 2 N–H and O–H groups in total. The van der Waals surface area contributed by atoms with Gasteiger partial charge in [-0.1, -0.05) is 12.8 Å². The highest BCUT2D eigenvalue weighted by molar-refractivity contribution is 5.76. The largest absolute Gasteiger partial charge is 0.340 e. The summed E-state index contributed by atoms with van der Waals surface area (Å²) in [5, 5.41) is 0. The summed E-state index contributed by atoms with van der Waals surface area (Å²) >= 11 is 0. The van der Waals surface area contributed by atoms with Crippen LogP contribution < -0.4 is 5.73 Å². The summed E-state index contributed by atoms with van der Waals surface area (Å²) < 4.78 is 0. The van der Waals surface area contributed by atoms with Gasteiger partial charge < -0.3 is 10.6 Å². The van der Waals surface area contributed by atoms with E-state index in [-0.39, 0.29) is 0 Å². The van der Waals surface area contributed by atoms with Gasteiger partial charge in [-0.15, -0.1) is 0 Å². The molecule has 3 nitrogen and oxygen atoms in total. The van der Waals surface area contributed by atoms with Gasteiger partial charge in [0.1, 0.15) is 0 Å². The van der Waals surface area contributed by atoms with Crippen LogP contribution in [0.3, 0.4) is 0 Å². The molecule has 0 aromatic rings. The molecule has 1 rings (SSSR count). The third-order valence-electron chi connectivity index (χ3n) is 2.99. The van der Waals surface area contributed by atoms with Crippen LogP contribution in [-0.4, -0.2) is 29.9 Å². The van der Waals surface area contributed by atoms with Crippen LogP contribution in [-0.2, 0) is 4.79 Å². The van der Waals surface area contributed by atoms with Crippen molar-refractivity contribution in [2.24, 2.45) is 5.73 Å². The van der Waals surface area contributed by atoms with Gasteiger partial charge in [-0.3, -0.25) is 4.79 Å². The van der Waals surface area contributed by atoms with Gasteiger partial charge in [0.05, 0.1) is 0 Å². The lowest BCUT2D eigenvalue weighted by Crippen LogP contribution is -2.32. The van der Waals surface area contributed by atoms with Crippen molar-refractivity contribution in [1.29, 1.82) is 0 Å². The second kappa shape index (κ2) is 6.83. The number of nitrogens with zero attached hydrogens (tertiary/aromatic N) is 1. The number of amides is 1. The predicted octanol–water partition coefficient (Wildman–Crippen LogP) is 1.91. The lowest BCUT2D eigenvalue weighted by Gasteiger charge is -2.20. The molecule has 0 bridgehead atoms. The van der Waals surface area contributed by atoms with Crippen LogP contribution in [0.5, 0.6) is 0 Å². The quantitative estimate of drug-likeness (QED) is 0.625. The van der Waals surface area contributed by atoms with Gasteiger partial charge in [0.25, 0.3) is 0 Å². The summed E-state index contributed by atoms with van der Waals surface area (Å²) in [7, 11) is 0. The second-order valence-corrected chi connectivity index (χ2v) is 4.36. The summed E-state index contributed by atoms with van der Waals surface area (Å²) in [4.78, 5) is 13.8. The molecule has 88 valence electrons. The van der Waals surface area contributed by atoms with E-state index in [2.05, 4.69) is 6.92 Å². The average Bonchev–Trinajstić information content (AvgIpc) is 3.03. The lowest BCUT2D eigenvalue weighted by atomic mass is 10.1. The molecular formula is C12H24N2O. The molecule has 0 spiro atoms. The SMILES string of the molecule is CCN(C(=O)CCCCCCN)C1CC1. The highest BCUT2D eigenvalue weighted by atomic mass is 16.2. The zero-order chi connectivity index (χ0) is 11.1. The number of hydrogen-bond acceptors (Lipinski definition) is 2. The Kier molecular flexibility index (Phi) is 5.69. The van der Waals surface area contributed by atoms with Crippen LogP contribution >= 0.6 is 0 Å². The summed E-state index contributed by atoms with van der Waals surface area (Å²) in [6.07, 6.45) is 7.59. The fourth-order valence-corrected chi connectivity index (χ4v) is 1.94. The number of nitrogens with two attached hydrogens (primary N) is 1. The first-order valence-corrected chi connectivity index (χ1v) is 6.29. The third kappa shape index (κ3) is 4.65. The first kappa shape index (κ1) is 12.5. The minimum atomic E-state index is 0.354. The Labute approximate surface area is 93.0 Å². The van der Waals surface area contributed by atoms with E-state index in [9.17, 15) is 4.79 Å². The molecule has 1 fully saturated rings. The Hall–Kier alpha value is -0.570. The van der Waals surface area contributed by atoms with Crippen LogP contribution in [0, 0.1) is 0 Å². The Balaban J connectivity index is 2.06. The predicted molar refractivity (Wildman–Crippen MR) is 62.5 cm³/mol. The van der Waals surface area contributed by atoms with Gasteiger partial charge in [0, 0.05) is 19.0 Å². The number of carbonyl (C=O) groups is 1. The van der Waals surface area contributed by atoms with Crippen molar-refractivity contribution in [3.05, 3.63) is 0 Å².